The largest absolute Gasteiger partial charge is 0.378 e. The van der Waals surface area contributed by atoms with E-state index in [4.69, 9.17) is 0 Å². The zero-order chi connectivity index (χ0) is 14.7. The monoisotopic (exact) mass is 289 g/mol. The number of halogens is 2. The van der Waals surface area contributed by atoms with E-state index in [2.05, 4.69) is 15.2 Å². The van der Waals surface area contributed by atoms with E-state index < -0.39 is 11.6 Å². The van der Waals surface area contributed by atoms with Gasteiger partial charge in [0.05, 0.1) is 5.69 Å². The van der Waals surface area contributed by atoms with Gasteiger partial charge < -0.3 is 10.2 Å². The van der Waals surface area contributed by atoms with Crippen molar-refractivity contribution in [1.29, 1.82) is 0 Å². The van der Waals surface area contributed by atoms with Gasteiger partial charge in [-0.1, -0.05) is 0 Å². The molecule has 1 fully saturated rings. The van der Waals surface area contributed by atoms with Crippen molar-refractivity contribution in [2.45, 2.75) is 19.4 Å². The topological polar surface area (TPSA) is 28.2 Å². The lowest BCUT2D eigenvalue weighted by atomic mass is 10.2. The van der Waals surface area contributed by atoms with Crippen molar-refractivity contribution >= 4 is 11.5 Å². The number of rotatable bonds is 4. The van der Waals surface area contributed by atoms with Crippen LogP contribution >= 0.6 is 0 Å². The van der Waals surface area contributed by atoms with Gasteiger partial charge in [0, 0.05) is 31.4 Å². The standard InChI is InChI=1S/C16H17F2N3/c17-13-5-6-14(18)12(10-13)11-20-15-4-3-7-19-16(15)21-8-1-2-9-21/h3-7,10,20H,1-2,8-9,11H2. The Kier molecular flexibility index (Phi) is 3.99. The molecule has 0 radical (unpaired) electrons. The number of aromatic nitrogens is 1. The van der Waals surface area contributed by atoms with Crippen molar-refractivity contribution in [2.75, 3.05) is 23.3 Å². The van der Waals surface area contributed by atoms with Gasteiger partial charge in [-0.25, -0.2) is 13.8 Å². The first-order chi connectivity index (χ1) is 10.2. The van der Waals surface area contributed by atoms with Crippen molar-refractivity contribution < 1.29 is 8.78 Å². The fourth-order valence-electron chi connectivity index (χ4n) is 2.59. The third kappa shape index (κ3) is 3.12. The molecular weight excluding hydrogens is 272 g/mol. The first-order valence-corrected chi connectivity index (χ1v) is 7.12. The van der Waals surface area contributed by atoms with Crippen molar-refractivity contribution in [3.05, 3.63) is 53.7 Å². The maximum atomic E-state index is 13.6. The zero-order valence-corrected chi connectivity index (χ0v) is 11.6. The Hall–Kier alpha value is -2.17. The summed E-state index contributed by atoms with van der Waals surface area (Å²) in [6, 6.07) is 7.24. The van der Waals surface area contributed by atoms with Gasteiger partial charge >= 0.3 is 0 Å². The molecule has 1 aliphatic rings. The lowest BCUT2D eigenvalue weighted by molar-refractivity contribution is 0.587. The summed E-state index contributed by atoms with van der Waals surface area (Å²) in [5.41, 5.74) is 1.16. The Labute approximate surface area is 122 Å². The maximum Gasteiger partial charge on any atom is 0.151 e. The number of hydrogen-bond acceptors (Lipinski definition) is 3. The highest BCUT2D eigenvalue weighted by atomic mass is 19.1. The molecule has 1 saturated heterocycles. The minimum atomic E-state index is -0.431. The highest BCUT2D eigenvalue weighted by Crippen LogP contribution is 2.26. The second kappa shape index (κ2) is 6.08. The van der Waals surface area contributed by atoms with E-state index in [9.17, 15) is 8.78 Å². The average molecular weight is 289 g/mol. The van der Waals surface area contributed by atoms with Crippen LogP contribution in [-0.2, 0) is 6.54 Å². The van der Waals surface area contributed by atoms with Crippen molar-refractivity contribution in [3.63, 3.8) is 0 Å². The van der Waals surface area contributed by atoms with Crippen LogP contribution in [-0.4, -0.2) is 18.1 Å². The quantitative estimate of drug-likeness (QED) is 0.932. The van der Waals surface area contributed by atoms with Crippen LogP contribution in [0.2, 0.25) is 0 Å². The summed E-state index contributed by atoms with van der Waals surface area (Å²) in [7, 11) is 0. The predicted molar refractivity (Wildman–Crippen MR) is 79.4 cm³/mol. The molecule has 1 aromatic carbocycles. The van der Waals surface area contributed by atoms with Gasteiger partial charge in [0.25, 0.3) is 0 Å². The Morgan fingerprint density at radius 2 is 1.95 bits per heavy atom. The van der Waals surface area contributed by atoms with Gasteiger partial charge in [-0.05, 0) is 43.2 Å². The fourth-order valence-corrected chi connectivity index (χ4v) is 2.59. The zero-order valence-electron chi connectivity index (χ0n) is 11.6. The number of nitrogens with zero attached hydrogens (tertiary/aromatic N) is 2. The van der Waals surface area contributed by atoms with E-state index in [1.54, 1.807) is 6.20 Å². The lowest BCUT2D eigenvalue weighted by Crippen LogP contribution is -2.20. The molecule has 0 saturated carbocycles. The molecule has 0 unspecified atom stereocenters. The lowest BCUT2D eigenvalue weighted by Gasteiger charge is -2.20. The molecule has 5 heteroatoms. The van der Waals surface area contributed by atoms with Crippen molar-refractivity contribution in [1.82, 2.24) is 4.98 Å². The van der Waals surface area contributed by atoms with Gasteiger partial charge in [-0.3, -0.25) is 0 Å². The molecule has 110 valence electrons. The fraction of sp³-hybridized carbons (Fsp3) is 0.312. The summed E-state index contributed by atoms with van der Waals surface area (Å²) in [4.78, 5) is 6.62. The Morgan fingerprint density at radius 1 is 1.14 bits per heavy atom. The minimum Gasteiger partial charge on any atom is -0.378 e. The second-order valence-electron chi connectivity index (χ2n) is 5.16. The van der Waals surface area contributed by atoms with Gasteiger partial charge in [0.2, 0.25) is 0 Å². The molecule has 0 spiro atoms. The number of benzene rings is 1. The first kappa shape index (κ1) is 13.8. The van der Waals surface area contributed by atoms with Crippen LogP contribution in [0.25, 0.3) is 0 Å². The predicted octanol–water partition coefficient (Wildman–Crippen LogP) is 3.57. The summed E-state index contributed by atoms with van der Waals surface area (Å²) in [6.07, 6.45) is 4.07. The summed E-state index contributed by atoms with van der Waals surface area (Å²) >= 11 is 0. The minimum absolute atomic E-state index is 0.232. The van der Waals surface area contributed by atoms with Gasteiger partial charge in [-0.15, -0.1) is 0 Å². The Balaban J connectivity index is 1.77. The molecule has 0 atom stereocenters. The van der Waals surface area contributed by atoms with Crippen LogP contribution in [0.3, 0.4) is 0 Å². The summed E-state index contributed by atoms with van der Waals surface area (Å²) < 4.78 is 26.8. The van der Waals surface area contributed by atoms with Crippen LogP contribution in [0.5, 0.6) is 0 Å². The van der Waals surface area contributed by atoms with Crippen LogP contribution in [0, 0.1) is 11.6 Å². The number of hydrogen-bond donors (Lipinski definition) is 1. The SMILES string of the molecule is Fc1ccc(F)c(CNc2cccnc2N2CCCC2)c1. The van der Waals surface area contributed by atoms with Crippen molar-refractivity contribution in [2.24, 2.45) is 0 Å². The molecule has 1 N–H and O–H groups in total. The van der Waals surface area contributed by atoms with E-state index >= 15 is 0 Å². The van der Waals surface area contributed by atoms with Gasteiger partial charge in [-0.2, -0.15) is 0 Å². The molecule has 1 aliphatic heterocycles. The van der Waals surface area contributed by atoms with E-state index in [1.165, 1.54) is 6.07 Å². The molecular formula is C16H17F2N3. The van der Waals surface area contributed by atoms with Crippen molar-refractivity contribution in [3.8, 4) is 0 Å². The van der Waals surface area contributed by atoms with E-state index in [0.717, 1.165) is 49.6 Å². The van der Waals surface area contributed by atoms with Gasteiger partial charge in [0.15, 0.2) is 5.82 Å². The molecule has 0 amide bonds. The first-order valence-electron chi connectivity index (χ1n) is 7.12. The maximum absolute atomic E-state index is 13.6. The molecule has 0 aliphatic carbocycles. The third-order valence-corrected chi connectivity index (χ3v) is 3.67. The summed E-state index contributed by atoms with van der Waals surface area (Å²) in [5, 5.41) is 3.16. The van der Waals surface area contributed by atoms with E-state index in [1.807, 2.05) is 12.1 Å². The number of pyridine rings is 1. The Morgan fingerprint density at radius 3 is 2.76 bits per heavy atom. The normalized spacial score (nSPS) is 14.5. The molecule has 3 rings (SSSR count). The average Bonchev–Trinajstić information content (AvgIpc) is 3.03. The molecule has 0 bridgehead atoms. The summed E-state index contributed by atoms with van der Waals surface area (Å²) in [5.74, 6) is 0.0430. The Bertz CT molecular complexity index is 625. The molecule has 2 heterocycles. The molecule has 21 heavy (non-hydrogen) atoms. The third-order valence-electron chi connectivity index (χ3n) is 3.67. The molecule has 3 nitrogen and oxygen atoms in total. The van der Waals surface area contributed by atoms with E-state index in [-0.39, 0.29) is 6.54 Å². The van der Waals surface area contributed by atoms with Crippen LogP contribution in [0.1, 0.15) is 18.4 Å². The highest BCUT2D eigenvalue weighted by molar-refractivity contribution is 5.65. The molecule has 1 aromatic heterocycles. The highest BCUT2D eigenvalue weighted by Gasteiger charge is 2.16. The summed E-state index contributed by atoms with van der Waals surface area (Å²) in [6.45, 7) is 2.20. The van der Waals surface area contributed by atoms with E-state index in [0.29, 0.717) is 5.56 Å². The van der Waals surface area contributed by atoms with Gasteiger partial charge in [0.1, 0.15) is 11.6 Å². The molecule has 2 aromatic rings. The van der Waals surface area contributed by atoms with Crippen LogP contribution < -0.4 is 10.2 Å². The smallest absolute Gasteiger partial charge is 0.151 e. The number of anilines is 2. The number of nitrogens with one attached hydrogen (secondary N) is 1. The van der Waals surface area contributed by atoms with Crippen LogP contribution in [0.4, 0.5) is 20.3 Å². The second-order valence-corrected chi connectivity index (χ2v) is 5.16. The van der Waals surface area contributed by atoms with Crippen LogP contribution in [0.15, 0.2) is 36.5 Å².